The maximum absolute atomic E-state index is 6.02. The molecule has 0 spiro atoms. The summed E-state index contributed by atoms with van der Waals surface area (Å²) in [6.07, 6.45) is 2.86. The van der Waals surface area contributed by atoms with E-state index in [0.29, 0.717) is 6.04 Å². The van der Waals surface area contributed by atoms with Crippen molar-refractivity contribution in [2.75, 3.05) is 4.90 Å². The number of hydrogen-bond donors (Lipinski definition) is 1. The molecule has 0 aromatic carbocycles. The fraction of sp³-hybridized carbons (Fsp3) is 0.438. The van der Waals surface area contributed by atoms with Crippen LogP contribution in [-0.2, 0) is 6.54 Å². The summed E-state index contributed by atoms with van der Waals surface area (Å²) in [5, 5.41) is 2.12. The topological polar surface area (TPSA) is 42.1 Å². The first-order chi connectivity index (χ1) is 9.61. The predicted molar refractivity (Wildman–Crippen MR) is 87.1 cm³/mol. The first kappa shape index (κ1) is 15.0. The summed E-state index contributed by atoms with van der Waals surface area (Å²) < 4.78 is 0. The van der Waals surface area contributed by atoms with E-state index in [-0.39, 0.29) is 6.04 Å². The largest absolute Gasteiger partial charge is 0.363 e. The summed E-state index contributed by atoms with van der Waals surface area (Å²) in [5.41, 5.74) is 8.14. The highest BCUT2D eigenvalue weighted by atomic mass is 32.1. The van der Waals surface area contributed by atoms with Gasteiger partial charge in [-0.1, -0.05) is 13.0 Å². The highest BCUT2D eigenvalue weighted by molar-refractivity contribution is 7.09. The van der Waals surface area contributed by atoms with Crippen molar-refractivity contribution in [3.63, 3.8) is 0 Å². The molecule has 108 valence electrons. The third-order valence-corrected chi connectivity index (χ3v) is 4.31. The molecule has 2 aromatic heterocycles. The van der Waals surface area contributed by atoms with Crippen molar-refractivity contribution in [1.82, 2.24) is 4.98 Å². The molecule has 2 aromatic rings. The van der Waals surface area contributed by atoms with Gasteiger partial charge >= 0.3 is 0 Å². The Morgan fingerprint density at radius 1 is 1.30 bits per heavy atom. The Labute approximate surface area is 125 Å². The molecule has 0 unspecified atom stereocenters. The lowest BCUT2D eigenvalue weighted by Crippen LogP contribution is -2.30. The van der Waals surface area contributed by atoms with Gasteiger partial charge in [-0.05, 0) is 43.8 Å². The van der Waals surface area contributed by atoms with Gasteiger partial charge in [0.25, 0.3) is 0 Å². The molecule has 1 atom stereocenters. The van der Waals surface area contributed by atoms with Crippen LogP contribution in [0.2, 0.25) is 0 Å². The maximum Gasteiger partial charge on any atom is 0.0572 e. The van der Waals surface area contributed by atoms with Crippen LogP contribution in [0.15, 0.2) is 35.8 Å². The van der Waals surface area contributed by atoms with E-state index in [9.17, 15) is 0 Å². The molecule has 0 aliphatic heterocycles. The Bertz CT molecular complexity index is 505. The number of thiophene rings is 1. The van der Waals surface area contributed by atoms with Crippen molar-refractivity contribution in [3.8, 4) is 0 Å². The normalized spacial score (nSPS) is 12.7. The third kappa shape index (κ3) is 3.58. The van der Waals surface area contributed by atoms with Gasteiger partial charge in [-0.25, -0.2) is 0 Å². The highest BCUT2D eigenvalue weighted by Crippen LogP contribution is 2.22. The fourth-order valence-corrected chi connectivity index (χ4v) is 2.84. The van der Waals surface area contributed by atoms with Crippen LogP contribution < -0.4 is 10.6 Å². The molecule has 0 saturated heterocycles. The van der Waals surface area contributed by atoms with Crippen molar-refractivity contribution >= 4 is 17.0 Å². The average molecular weight is 289 g/mol. The summed E-state index contributed by atoms with van der Waals surface area (Å²) in [5.74, 6) is 0. The van der Waals surface area contributed by atoms with Crippen molar-refractivity contribution in [2.24, 2.45) is 5.73 Å². The zero-order chi connectivity index (χ0) is 14.5. The first-order valence-corrected chi connectivity index (χ1v) is 8.00. The van der Waals surface area contributed by atoms with E-state index in [1.54, 1.807) is 11.3 Å². The van der Waals surface area contributed by atoms with Crippen molar-refractivity contribution in [1.29, 1.82) is 0 Å². The average Bonchev–Trinajstić information content (AvgIpc) is 2.97. The number of hydrogen-bond acceptors (Lipinski definition) is 4. The van der Waals surface area contributed by atoms with Gasteiger partial charge in [-0.2, -0.15) is 0 Å². The third-order valence-electron chi connectivity index (χ3n) is 3.45. The molecule has 0 fully saturated rings. The van der Waals surface area contributed by atoms with Crippen LogP contribution >= 0.6 is 11.3 Å². The van der Waals surface area contributed by atoms with E-state index in [2.05, 4.69) is 54.2 Å². The first-order valence-electron chi connectivity index (χ1n) is 7.12. The number of rotatable bonds is 6. The molecular formula is C16H23N3S. The van der Waals surface area contributed by atoms with Gasteiger partial charge in [0.1, 0.15) is 0 Å². The Morgan fingerprint density at radius 2 is 2.10 bits per heavy atom. The van der Waals surface area contributed by atoms with E-state index >= 15 is 0 Å². The van der Waals surface area contributed by atoms with Crippen LogP contribution in [0, 0.1) is 0 Å². The van der Waals surface area contributed by atoms with Gasteiger partial charge in [0.05, 0.1) is 24.1 Å². The summed E-state index contributed by atoms with van der Waals surface area (Å²) in [6.45, 7) is 7.42. The maximum atomic E-state index is 6.02. The van der Waals surface area contributed by atoms with Crippen molar-refractivity contribution in [3.05, 3.63) is 46.4 Å². The molecule has 20 heavy (non-hydrogen) atoms. The molecule has 0 aliphatic carbocycles. The molecule has 0 bridgehead atoms. The minimum Gasteiger partial charge on any atom is -0.363 e. The number of anilines is 1. The summed E-state index contributed by atoms with van der Waals surface area (Å²) >= 11 is 1.79. The summed E-state index contributed by atoms with van der Waals surface area (Å²) in [4.78, 5) is 8.25. The van der Waals surface area contributed by atoms with Crippen molar-refractivity contribution < 1.29 is 0 Å². The summed E-state index contributed by atoms with van der Waals surface area (Å²) in [6, 6.07) is 8.92. The minimum absolute atomic E-state index is 0.0360. The molecule has 2 N–H and O–H groups in total. The lowest BCUT2D eigenvalue weighted by Gasteiger charge is -2.28. The Balaban J connectivity index is 2.17. The molecule has 0 aliphatic rings. The smallest absolute Gasteiger partial charge is 0.0572 e. The predicted octanol–water partition coefficient (Wildman–Crippen LogP) is 3.97. The Hall–Kier alpha value is -1.39. The van der Waals surface area contributed by atoms with E-state index in [1.165, 1.54) is 4.88 Å². The van der Waals surface area contributed by atoms with Crippen molar-refractivity contribution in [2.45, 2.75) is 45.8 Å². The molecule has 0 amide bonds. The monoisotopic (exact) mass is 289 g/mol. The number of aromatic nitrogens is 1. The van der Waals surface area contributed by atoms with Crippen LogP contribution in [0.3, 0.4) is 0 Å². The molecule has 2 rings (SSSR count). The van der Waals surface area contributed by atoms with Gasteiger partial charge in [-0.3, -0.25) is 4.98 Å². The van der Waals surface area contributed by atoms with Crippen LogP contribution in [-0.4, -0.2) is 11.0 Å². The van der Waals surface area contributed by atoms with Crippen LogP contribution in [0.4, 0.5) is 5.69 Å². The number of nitrogens with two attached hydrogens (primary N) is 1. The second-order valence-corrected chi connectivity index (χ2v) is 6.29. The number of pyridine rings is 1. The van der Waals surface area contributed by atoms with E-state index in [4.69, 9.17) is 5.73 Å². The van der Waals surface area contributed by atoms with Gasteiger partial charge in [0.2, 0.25) is 0 Å². The number of nitrogens with zero attached hydrogens (tertiary/aromatic N) is 2. The fourth-order valence-electron chi connectivity index (χ4n) is 2.14. The molecule has 2 heterocycles. The molecule has 4 heteroatoms. The lowest BCUT2D eigenvalue weighted by atomic mass is 10.1. The molecule has 0 saturated carbocycles. The molecular weight excluding hydrogens is 266 g/mol. The zero-order valence-electron chi connectivity index (χ0n) is 12.4. The van der Waals surface area contributed by atoms with E-state index in [1.807, 2.05) is 12.3 Å². The van der Waals surface area contributed by atoms with Crippen LogP contribution in [0.1, 0.15) is 43.8 Å². The minimum atomic E-state index is 0.0360. The zero-order valence-corrected chi connectivity index (χ0v) is 13.2. The highest BCUT2D eigenvalue weighted by Gasteiger charge is 2.13. The lowest BCUT2D eigenvalue weighted by molar-refractivity contribution is 0.666. The van der Waals surface area contributed by atoms with Gasteiger partial charge in [-0.15, -0.1) is 11.3 Å². The molecule has 0 radical (unpaired) electrons. The molecule has 3 nitrogen and oxygen atoms in total. The Kier molecular flexibility index (Phi) is 5.15. The van der Waals surface area contributed by atoms with Gasteiger partial charge < -0.3 is 10.6 Å². The van der Waals surface area contributed by atoms with E-state index in [0.717, 1.165) is 24.3 Å². The summed E-state index contributed by atoms with van der Waals surface area (Å²) in [7, 11) is 0. The SMILES string of the molecule is CC[C@H](N)c1ccc(N(Cc2cccs2)C(C)C)cn1. The van der Waals surface area contributed by atoms with Crippen LogP contribution in [0.5, 0.6) is 0 Å². The second kappa shape index (κ2) is 6.86. The van der Waals surface area contributed by atoms with Crippen LogP contribution in [0.25, 0.3) is 0 Å². The second-order valence-electron chi connectivity index (χ2n) is 5.26. The Morgan fingerprint density at radius 3 is 2.60 bits per heavy atom. The van der Waals surface area contributed by atoms with E-state index < -0.39 is 0 Å². The standard InChI is InChI=1S/C16H23N3S/c1-4-15(17)16-8-7-13(10-18-16)19(12(2)3)11-14-6-5-9-20-14/h5-10,12,15H,4,11,17H2,1-3H3/t15-/m0/s1. The van der Waals surface area contributed by atoms with Gasteiger partial charge in [0, 0.05) is 17.0 Å². The quantitative estimate of drug-likeness (QED) is 0.875. The van der Waals surface area contributed by atoms with Gasteiger partial charge in [0.15, 0.2) is 0 Å².